The molecule has 6 nitrogen and oxygen atoms in total. The molecule has 0 aliphatic heterocycles. The van der Waals surface area contributed by atoms with E-state index in [2.05, 4.69) is 17.2 Å². The van der Waals surface area contributed by atoms with Crippen molar-refractivity contribution in [2.45, 2.75) is 31.9 Å². The van der Waals surface area contributed by atoms with Gasteiger partial charge in [-0.05, 0) is 37.1 Å². The molecule has 0 atom stereocenters. The molecule has 148 valence electrons. The molecule has 0 aliphatic rings. The number of benzene rings is 2. The Labute approximate surface area is 168 Å². The van der Waals surface area contributed by atoms with Crippen molar-refractivity contribution in [2.24, 2.45) is 0 Å². The van der Waals surface area contributed by atoms with Gasteiger partial charge in [-0.2, -0.15) is 0 Å². The first-order chi connectivity index (χ1) is 13.7. The van der Waals surface area contributed by atoms with E-state index in [-0.39, 0.29) is 11.7 Å². The van der Waals surface area contributed by atoms with Gasteiger partial charge in [-0.3, -0.25) is 4.79 Å². The molecule has 0 saturated carbocycles. The minimum Gasteiger partial charge on any atom is -0.490 e. The van der Waals surface area contributed by atoms with Crippen LogP contribution in [-0.2, 0) is 4.79 Å². The van der Waals surface area contributed by atoms with Crippen LogP contribution in [-0.4, -0.2) is 29.9 Å². The van der Waals surface area contributed by atoms with E-state index in [1.807, 2.05) is 43.3 Å². The largest absolute Gasteiger partial charge is 0.490 e. The van der Waals surface area contributed by atoms with Crippen LogP contribution in [0.5, 0.6) is 11.5 Å². The fourth-order valence-corrected chi connectivity index (χ4v) is 3.12. The SMILES string of the molecule is CCCOc1ccc(NC(=O)CSc2nc3ccccc3o2)cc1OCCC. The first kappa shape index (κ1) is 20.1. The quantitative estimate of drug-likeness (QED) is 0.475. The van der Waals surface area contributed by atoms with Gasteiger partial charge in [0.15, 0.2) is 17.1 Å². The number of aromatic nitrogens is 1. The second-order valence-electron chi connectivity index (χ2n) is 6.14. The first-order valence-corrected chi connectivity index (χ1v) is 10.4. The molecule has 28 heavy (non-hydrogen) atoms. The summed E-state index contributed by atoms with van der Waals surface area (Å²) in [6.07, 6.45) is 1.81. The fourth-order valence-electron chi connectivity index (χ4n) is 2.48. The summed E-state index contributed by atoms with van der Waals surface area (Å²) in [6.45, 7) is 5.31. The highest BCUT2D eigenvalue weighted by atomic mass is 32.2. The van der Waals surface area contributed by atoms with E-state index in [1.54, 1.807) is 6.07 Å². The fraction of sp³-hybridized carbons (Fsp3) is 0.333. The van der Waals surface area contributed by atoms with E-state index in [4.69, 9.17) is 13.9 Å². The molecule has 0 fully saturated rings. The van der Waals surface area contributed by atoms with Crippen LogP contribution in [0.15, 0.2) is 52.1 Å². The number of thioether (sulfide) groups is 1. The highest BCUT2D eigenvalue weighted by Gasteiger charge is 2.12. The third-order valence-corrected chi connectivity index (χ3v) is 4.58. The molecule has 0 bridgehead atoms. The lowest BCUT2D eigenvalue weighted by Crippen LogP contribution is -2.14. The van der Waals surface area contributed by atoms with Gasteiger partial charge in [-0.1, -0.05) is 37.7 Å². The number of carbonyl (C=O) groups is 1. The number of carbonyl (C=O) groups excluding carboxylic acids is 1. The number of nitrogens with zero attached hydrogens (tertiary/aromatic N) is 1. The molecule has 1 heterocycles. The van der Waals surface area contributed by atoms with E-state index in [1.165, 1.54) is 11.8 Å². The Morgan fingerprint density at radius 2 is 1.82 bits per heavy atom. The lowest BCUT2D eigenvalue weighted by molar-refractivity contribution is -0.113. The average molecular weight is 401 g/mol. The normalized spacial score (nSPS) is 10.8. The molecule has 3 aromatic rings. The van der Waals surface area contributed by atoms with E-state index in [9.17, 15) is 4.79 Å². The smallest absolute Gasteiger partial charge is 0.257 e. The van der Waals surface area contributed by atoms with Crippen molar-refractivity contribution in [1.29, 1.82) is 0 Å². The van der Waals surface area contributed by atoms with Gasteiger partial charge in [-0.25, -0.2) is 4.98 Å². The third-order valence-electron chi connectivity index (χ3n) is 3.75. The van der Waals surface area contributed by atoms with Crippen LogP contribution in [0.2, 0.25) is 0 Å². The van der Waals surface area contributed by atoms with E-state index in [0.717, 1.165) is 18.4 Å². The predicted octanol–water partition coefficient (Wildman–Crippen LogP) is 5.14. The molecular formula is C21H24N2O4S. The zero-order chi connectivity index (χ0) is 19.8. The molecule has 1 N–H and O–H groups in total. The number of nitrogens with one attached hydrogen (secondary N) is 1. The number of anilines is 1. The van der Waals surface area contributed by atoms with Gasteiger partial charge in [-0.15, -0.1) is 0 Å². The molecule has 7 heteroatoms. The van der Waals surface area contributed by atoms with E-state index < -0.39 is 0 Å². The summed E-state index contributed by atoms with van der Waals surface area (Å²) in [7, 11) is 0. The first-order valence-electron chi connectivity index (χ1n) is 9.37. The van der Waals surface area contributed by atoms with Crippen LogP contribution < -0.4 is 14.8 Å². The summed E-state index contributed by atoms with van der Waals surface area (Å²) >= 11 is 1.26. The average Bonchev–Trinajstić information content (AvgIpc) is 3.13. The number of hydrogen-bond acceptors (Lipinski definition) is 6. The lowest BCUT2D eigenvalue weighted by Gasteiger charge is -2.14. The standard InChI is InChI=1S/C21H24N2O4S/c1-3-11-25-18-10-9-15(13-19(18)26-12-4-2)22-20(24)14-28-21-23-16-7-5-6-8-17(16)27-21/h5-10,13H,3-4,11-12,14H2,1-2H3,(H,22,24). The Hall–Kier alpha value is -2.67. The van der Waals surface area contributed by atoms with Crippen molar-refractivity contribution < 1.29 is 18.7 Å². The molecule has 1 aromatic heterocycles. The van der Waals surface area contributed by atoms with Gasteiger partial charge in [0.25, 0.3) is 5.22 Å². The maximum absolute atomic E-state index is 12.3. The number of fused-ring (bicyclic) bond motifs is 1. The van der Waals surface area contributed by atoms with Crippen molar-refractivity contribution in [1.82, 2.24) is 4.98 Å². The van der Waals surface area contributed by atoms with Gasteiger partial charge in [0, 0.05) is 11.8 Å². The predicted molar refractivity (Wildman–Crippen MR) is 111 cm³/mol. The number of oxazole rings is 1. The monoisotopic (exact) mass is 400 g/mol. The molecule has 0 spiro atoms. The van der Waals surface area contributed by atoms with Crippen LogP contribution >= 0.6 is 11.8 Å². The van der Waals surface area contributed by atoms with Gasteiger partial charge in [0.1, 0.15) is 5.52 Å². The highest BCUT2D eigenvalue weighted by molar-refractivity contribution is 7.99. The lowest BCUT2D eigenvalue weighted by atomic mass is 10.2. The van der Waals surface area contributed by atoms with Gasteiger partial charge < -0.3 is 19.2 Å². The van der Waals surface area contributed by atoms with Crippen molar-refractivity contribution in [3.8, 4) is 11.5 Å². The van der Waals surface area contributed by atoms with Crippen molar-refractivity contribution in [3.05, 3.63) is 42.5 Å². The molecule has 0 radical (unpaired) electrons. The molecule has 2 aromatic carbocycles. The Morgan fingerprint density at radius 3 is 2.57 bits per heavy atom. The number of rotatable bonds is 10. The van der Waals surface area contributed by atoms with Crippen LogP contribution in [0.4, 0.5) is 5.69 Å². The van der Waals surface area contributed by atoms with Crippen LogP contribution in [0.25, 0.3) is 11.1 Å². The van der Waals surface area contributed by atoms with Gasteiger partial charge in [0.2, 0.25) is 5.91 Å². The van der Waals surface area contributed by atoms with E-state index >= 15 is 0 Å². The maximum Gasteiger partial charge on any atom is 0.257 e. The van der Waals surface area contributed by atoms with Gasteiger partial charge >= 0.3 is 0 Å². The summed E-state index contributed by atoms with van der Waals surface area (Å²) < 4.78 is 17.1. The van der Waals surface area contributed by atoms with Crippen LogP contribution in [0, 0.1) is 0 Å². The Morgan fingerprint density at radius 1 is 1.07 bits per heavy atom. The molecule has 0 aliphatic carbocycles. The molecule has 3 rings (SSSR count). The summed E-state index contributed by atoms with van der Waals surface area (Å²) in [5.41, 5.74) is 2.16. The summed E-state index contributed by atoms with van der Waals surface area (Å²) in [4.78, 5) is 16.7. The number of ether oxygens (including phenoxy) is 2. The topological polar surface area (TPSA) is 73.6 Å². The number of hydrogen-bond donors (Lipinski definition) is 1. The number of para-hydroxylation sites is 2. The zero-order valence-corrected chi connectivity index (χ0v) is 16.9. The van der Waals surface area contributed by atoms with E-state index in [0.29, 0.717) is 41.2 Å². The maximum atomic E-state index is 12.3. The Kier molecular flexibility index (Phi) is 7.19. The zero-order valence-electron chi connectivity index (χ0n) is 16.1. The molecule has 0 saturated heterocycles. The van der Waals surface area contributed by atoms with Crippen LogP contribution in [0.3, 0.4) is 0 Å². The number of amides is 1. The van der Waals surface area contributed by atoms with Crippen LogP contribution in [0.1, 0.15) is 26.7 Å². The minimum atomic E-state index is -0.143. The van der Waals surface area contributed by atoms with Gasteiger partial charge in [0.05, 0.1) is 19.0 Å². The van der Waals surface area contributed by atoms with Crippen molar-refractivity contribution in [3.63, 3.8) is 0 Å². The second kappa shape index (κ2) is 10.0. The van der Waals surface area contributed by atoms with Crippen molar-refractivity contribution >= 4 is 34.5 Å². The van der Waals surface area contributed by atoms with Crippen molar-refractivity contribution in [2.75, 3.05) is 24.3 Å². The summed E-state index contributed by atoms with van der Waals surface area (Å²) in [5, 5.41) is 3.36. The third kappa shape index (κ3) is 5.42. The molecule has 0 unspecified atom stereocenters. The Bertz CT molecular complexity index is 893. The second-order valence-corrected chi connectivity index (χ2v) is 7.07. The summed E-state index contributed by atoms with van der Waals surface area (Å²) in [5.74, 6) is 1.39. The summed E-state index contributed by atoms with van der Waals surface area (Å²) in [6, 6.07) is 13.0. The highest BCUT2D eigenvalue weighted by Crippen LogP contribution is 2.31. The molecular weight excluding hydrogens is 376 g/mol. The molecule has 1 amide bonds. The minimum absolute atomic E-state index is 0.143. The Balaban J connectivity index is 1.60.